The van der Waals surface area contributed by atoms with E-state index >= 15 is 0 Å². The molecule has 1 heterocycles. The lowest BCUT2D eigenvalue weighted by atomic mass is 10.1. The molecule has 1 aliphatic rings. The minimum Gasteiger partial charge on any atom is -0.489 e. The van der Waals surface area contributed by atoms with Crippen molar-refractivity contribution in [2.45, 2.75) is 12.5 Å². The number of hydrogen-bond acceptors (Lipinski definition) is 7. The molecule has 1 aliphatic heterocycles. The van der Waals surface area contributed by atoms with Crippen LogP contribution in [0.1, 0.15) is 22.8 Å². The Bertz CT molecular complexity index is 1300. The third-order valence-corrected chi connectivity index (χ3v) is 6.91. The number of carboxylic acids is 1. The van der Waals surface area contributed by atoms with Gasteiger partial charge in [0.25, 0.3) is 5.91 Å². The lowest BCUT2D eigenvalue weighted by molar-refractivity contribution is -0.140. The SMILES string of the molecule is O=C(O)CN1C(=O)/C(=C/c2ccc(OCCc3ccccc3)c(OC(CO)c3ccccc3)c2)SC1=S. The monoisotopic (exact) mass is 535 g/mol. The van der Waals surface area contributed by atoms with Crippen LogP contribution < -0.4 is 9.47 Å². The maximum Gasteiger partial charge on any atom is 0.323 e. The van der Waals surface area contributed by atoms with E-state index in [0.29, 0.717) is 35.0 Å². The standard InChI is InChI=1S/C28H25NO6S2/c30-18-24(21-9-5-2-6-10-21)35-23-15-20(16-25-27(33)29(17-26(31)32)28(36)37-25)11-12-22(23)34-14-13-19-7-3-1-4-8-19/h1-12,15-16,24,30H,13-14,17-18H2,(H,31,32)/b25-16-. The predicted molar refractivity (Wildman–Crippen MR) is 146 cm³/mol. The first-order chi connectivity index (χ1) is 17.9. The summed E-state index contributed by atoms with van der Waals surface area (Å²) in [5, 5.41) is 19.1. The fourth-order valence-corrected chi connectivity index (χ4v) is 4.96. The van der Waals surface area contributed by atoms with Crippen LogP contribution in [0.4, 0.5) is 0 Å². The second-order valence-corrected chi connectivity index (χ2v) is 9.83. The van der Waals surface area contributed by atoms with E-state index in [9.17, 15) is 14.7 Å². The van der Waals surface area contributed by atoms with Gasteiger partial charge in [-0.3, -0.25) is 14.5 Å². The summed E-state index contributed by atoms with van der Waals surface area (Å²) in [6.07, 6.45) is 1.72. The van der Waals surface area contributed by atoms with Gasteiger partial charge in [0.1, 0.15) is 17.0 Å². The molecule has 0 saturated carbocycles. The highest BCUT2D eigenvalue weighted by atomic mass is 32.2. The van der Waals surface area contributed by atoms with Gasteiger partial charge in [-0.15, -0.1) is 0 Å². The summed E-state index contributed by atoms with van der Waals surface area (Å²) in [6.45, 7) is -0.311. The average Bonchev–Trinajstić information content (AvgIpc) is 3.16. The van der Waals surface area contributed by atoms with Crippen molar-refractivity contribution >= 4 is 46.3 Å². The number of thioether (sulfide) groups is 1. The van der Waals surface area contributed by atoms with Crippen LogP contribution in [-0.2, 0) is 16.0 Å². The van der Waals surface area contributed by atoms with E-state index in [1.54, 1.807) is 24.3 Å². The lowest BCUT2D eigenvalue weighted by Gasteiger charge is -2.20. The van der Waals surface area contributed by atoms with Crippen LogP contribution in [0.15, 0.2) is 83.8 Å². The molecule has 0 aliphatic carbocycles. The molecular weight excluding hydrogens is 510 g/mol. The molecule has 0 radical (unpaired) electrons. The lowest BCUT2D eigenvalue weighted by Crippen LogP contribution is -2.33. The van der Waals surface area contributed by atoms with Crippen molar-refractivity contribution in [3.63, 3.8) is 0 Å². The zero-order valence-electron chi connectivity index (χ0n) is 19.8. The van der Waals surface area contributed by atoms with E-state index in [-0.39, 0.29) is 10.9 Å². The average molecular weight is 536 g/mol. The van der Waals surface area contributed by atoms with Crippen molar-refractivity contribution in [1.82, 2.24) is 4.90 Å². The third-order valence-electron chi connectivity index (χ3n) is 5.53. The first-order valence-corrected chi connectivity index (χ1v) is 12.8. The third kappa shape index (κ3) is 6.97. The summed E-state index contributed by atoms with van der Waals surface area (Å²) in [5.74, 6) is -0.687. The number of benzene rings is 3. The van der Waals surface area contributed by atoms with E-state index < -0.39 is 24.5 Å². The maximum absolute atomic E-state index is 12.7. The van der Waals surface area contributed by atoms with Crippen molar-refractivity contribution in [3.8, 4) is 11.5 Å². The number of carboxylic acid groups (broad SMARTS) is 1. The van der Waals surface area contributed by atoms with Gasteiger partial charge in [-0.25, -0.2) is 0 Å². The highest BCUT2D eigenvalue weighted by molar-refractivity contribution is 8.26. The molecular formula is C28H25NO6S2. The Morgan fingerprint density at radius 3 is 2.41 bits per heavy atom. The van der Waals surface area contributed by atoms with E-state index in [0.717, 1.165) is 27.8 Å². The summed E-state index contributed by atoms with van der Waals surface area (Å²) in [4.78, 5) is 25.2. The van der Waals surface area contributed by atoms with E-state index in [1.165, 1.54) is 0 Å². The van der Waals surface area contributed by atoms with E-state index in [2.05, 4.69) is 0 Å². The molecule has 0 aromatic heterocycles. The summed E-state index contributed by atoms with van der Waals surface area (Å²) in [6, 6.07) is 24.6. The van der Waals surface area contributed by atoms with Gasteiger partial charge in [0.05, 0.1) is 18.1 Å². The molecule has 7 nitrogen and oxygen atoms in total. The van der Waals surface area contributed by atoms with Crippen LogP contribution >= 0.6 is 24.0 Å². The molecule has 3 aromatic rings. The Hall–Kier alpha value is -3.66. The Morgan fingerprint density at radius 2 is 1.73 bits per heavy atom. The highest BCUT2D eigenvalue weighted by Crippen LogP contribution is 2.36. The van der Waals surface area contributed by atoms with Crippen molar-refractivity contribution < 1.29 is 29.3 Å². The molecule has 1 saturated heterocycles. The number of hydrogen-bond donors (Lipinski definition) is 2. The molecule has 1 fully saturated rings. The van der Waals surface area contributed by atoms with Gasteiger partial charge in [-0.05, 0) is 34.9 Å². The number of rotatable bonds is 11. The second-order valence-electron chi connectivity index (χ2n) is 8.15. The van der Waals surface area contributed by atoms with E-state index in [1.807, 2.05) is 60.7 Å². The Balaban J connectivity index is 1.59. The topological polar surface area (TPSA) is 96.3 Å². The van der Waals surface area contributed by atoms with Crippen LogP contribution in [0, 0.1) is 0 Å². The number of aliphatic hydroxyl groups is 1. The van der Waals surface area contributed by atoms with Gasteiger partial charge < -0.3 is 19.7 Å². The minimum absolute atomic E-state index is 0.195. The first-order valence-electron chi connectivity index (χ1n) is 11.5. The first kappa shape index (κ1) is 26.4. The quantitative estimate of drug-likeness (QED) is 0.269. The molecule has 2 N–H and O–H groups in total. The fourth-order valence-electron chi connectivity index (χ4n) is 3.70. The molecule has 0 bridgehead atoms. The molecule has 3 aromatic carbocycles. The molecule has 1 amide bonds. The van der Waals surface area contributed by atoms with Crippen LogP contribution in [0.2, 0.25) is 0 Å². The van der Waals surface area contributed by atoms with Crippen molar-refractivity contribution in [1.29, 1.82) is 0 Å². The zero-order valence-corrected chi connectivity index (χ0v) is 21.4. The van der Waals surface area contributed by atoms with Crippen molar-refractivity contribution in [3.05, 3.63) is 100 Å². The molecule has 37 heavy (non-hydrogen) atoms. The number of carbonyl (C=O) groups is 2. The summed E-state index contributed by atoms with van der Waals surface area (Å²) in [5.41, 5.74) is 2.59. The smallest absolute Gasteiger partial charge is 0.323 e. The van der Waals surface area contributed by atoms with Gasteiger partial charge in [0.2, 0.25) is 0 Å². The number of nitrogens with zero attached hydrogens (tertiary/aromatic N) is 1. The molecule has 0 spiro atoms. The molecule has 1 atom stereocenters. The fraction of sp³-hybridized carbons (Fsp3) is 0.179. The van der Waals surface area contributed by atoms with Gasteiger partial charge in [0.15, 0.2) is 11.5 Å². The maximum atomic E-state index is 12.7. The van der Waals surface area contributed by atoms with Gasteiger partial charge >= 0.3 is 5.97 Å². The number of thiocarbonyl (C=S) groups is 1. The number of aliphatic carboxylic acids is 1. The Morgan fingerprint density at radius 1 is 1.03 bits per heavy atom. The predicted octanol–water partition coefficient (Wildman–Crippen LogP) is 4.71. The molecule has 4 rings (SSSR count). The minimum atomic E-state index is -1.14. The summed E-state index contributed by atoms with van der Waals surface area (Å²) < 4.78 is 12.4. The Kier molecular flexibility index (Phi) is 8.95. The summed E-state index contributed by atoms with van der Waals surface area (Å²) in [7, 11) is 0. The Labute approximate surface area is 224 Å². The molecule has 9 heteroatoms. The van der Waals surface area contributed by atoms with Gasteiger partial charge in [-0.2, -0.15) is 0 Å². The normalized spacial score (nSPS) is 15.2. The van der Waals surface area contributed by atoms with Crippen LogP contribution in [0.3, 0.4) is 0 Å². The zero-order chi connectivity index (χ0) is 26.2. The largest absolute Gasteiger partial charge is 0.489 e. The van der Waals surface area contributed by atoms with Crippen molar-refractivity contribution in [2.24, 2.45) is 0 Å². The highest BCUT2D eigenvalue weighted by Gasteiger charge is 2.33. The van der Waals surface area contributed by atoms with Crippen LogP contribution in [0.25, 0.3) is 6.08 Å². The van der Waals surface area contributed by atoms with Crippen LogP contribution in [-0.4, -0.2) is 51.1 Å². The molecule has 190 valence electrons. The molecule has 1 unspecified atom stereocenters. The van der Waals surface area contributed by atoms with Crippen LogP contribution in [0.5, 0.6) is 11.5 Å². The number of ether oxygens (including phenoxy) is 2. The number of amides is 1. The summed E-state index contributed by atoms with van der Waals surface area (Å²) >= 11 is 6.23. The number of carbonyl (C=O) groups excluding carboxylic acids is 1. The number of aliphatic hydroxyl groups excluding tert-OH is 1. The van der Waals surface area contributed by atoms with Gasteiger partial charge in [-0.1, -0.05) is 90.7 Å². The second kappa shape index (κ2) is 12.5. The van der Waals surface area contributed by atoms with Gasteiger partial charge in [0, 0.05) is 6.42 Å². The van der Waals surface area contributed by atoms with E-state index in [4.69, 9.17) is 26.8 Å². The van der Waals surface area contributed by atoms with Crippen molar-refractivity contribution in [2.75, 3.05) is 19.8 Å².